The maximum Gasteiger partial charge on any atom is 0.416 e. The summed E-state index contributed by atoms with van der Waals surface area (Å²) >= 11 is 5.94. The number of hydrogen-bond acceptors (Lipinski definition) is 4. The van der Waals surface area contributed by atoms with Crippen LogP contribution in [0.4, 0.5) is 23.7 Å². The Bertz CT molecular complexity index is 1460. The fraction of sp³-hybridized carbons (Fsp3) is 0.300. The molecule has 5 rings (SSSR count). The van der Waals surface area contributed by atoms with Crippen LogP contribution in [-0.2, 0) is 18.1 Å². The van der Waals surface area contributed by atoms with Crippen molar-refractivity contribution in [1.82, 2.24) is 15.2 Å². The summed E-state index contributed by atoms with van der Waals surface area (Å²) in [4.78, 5) is 20.9. The summed E-state index contributed by atoms with van der Waals surface area (Å²) < 4.78 is 42.6. The van der Waals surface area contributed by atoms with Gasteiger partial charge < -0.3 is 5.32 Å². The summed E-state index contributed by atoms with van der Waals surface area (Å²) in [5.41, 5.74) is 1.39. The Morgan fingerprint density at radius 3 is 2.58 bits per heavy atom. The SMILES string of the molecule is N#Cc1ccc(C=CCN2CCC3(CC2)CN(C(=O)NCc2ccnc(Cl)c2)c2cccc(C(F)(F)F)c23)cc1. The topological polar surface area (TPSA) is 72.3 Å². The predicted molar refractivity (Wildman–Crippen MR) is 148 cm³/mol. The smallest absolute Gasteiger partial charge is 0.334 e. The van der Waals surface area contributed by atoms with Crippen LogP contribution in [0.5, 0.6) is 0 Å². The van der Waals surface area contributed by atoms with Gasteiger partial charge >= 0.3 is 12.2 Å². The fourth-order valence-electron chi connectivity index (χ4n) is 5.61. The van der Waals surface area contributed by atoms with Crippen molar-refractivity contribution in [1.29, 1.82) is 5.26 Å². The summed E-state index contributed by atoms with van der Waals surface area (Å²) in [5, 5.41) is 12.1. The van der Waals surface area contributed by atoms with Gasteiger partial charge in [-0.1, -0.05) is 42.0 Å². The minimum Gasteiger partial charge on any atom is -0.334 e. The molecule has 0 bridgehead atoms. The Labute approximate surface area is 235 Å². The van der Waals surface area contributed by atoms with E-state index >= 15 is 0 Å². The van der Waals surface area contributed by atoms with E-state index in [2.05, 4.69) is 21.3 Å². The summed E-state index contributed by atoms with van der Waals surface area (Å²) in [6, 6.07) is 16.4. The molecule has 206 valence electrons. The molecule has 2 aromatic carbocycles. The van der Waals surface area contributed by atoms with E-state index in [0.29, 0.717) is 48.9 Å². The number of nitriles is 1. The van der Waals surface area contributed by atoms with E-state index in [1.54, 1.807) is 30.3 Å². The van der Waals surface area contributed by atoms with Crippen LogP contribution >= 0.6 is 11.6 Å². The molecular weight excluding hydrogens is 539 g/mol. The molecule has 40 heavy (non-hydrogen) atoms. The van der Waals surface area contributed by atoms with E-state index in [9.17, 15) is 18.0 Å². The van der Waals surface area contributed by atoms with Gasteiger partial charge in [-0.15, -0.1) is 0 Å². The van der Waals surface area contributed by atoms with Crippen LogP contribution in [0, 0.1) is 11.3 Å². The van der Waals surface area contributed by atoms with Crippen molar-refractivity contribution in [2.45, 2.75) is 31.0 Å². The van der Waals surface area contributed by atoms with Crippen molar-refractivity contribution >= 4 is 29.4 Å². The number of anilines is 1. The van der Waals surface area contributed by atoms with Crippen molar-refractivity contribution in [2.75, 3.05) is 31.1 Å². The lowest BCUT2D eigenvalue weighted by atomic mass is 9.72. The van der Waals surface area contributed by atoms with Crippen LogP contribution in [0.15, 0.2) is 66.9 Å². The Morgan fingerprint density at radius 1 is 1.15 bits per heavy atom. The number of nitrogens with zero attached hydrogens (tertiary/aromatic N) is 4. The molecule has 1 aromatic heterocycles. The van der Waals surface area contributed by atoms with Crippen molar-refractivity contribution < 1.29 is 18.0 Å². The van der Waals surface area contributed by atoms with E-state index in [1.165, 1.54) is 17.2 Å². The molecule has 2 aliphatic rings. The molecule has 0 aliphatic carbocycles. The molecule has 6 nitrogen and oxygen atoms in total. The minimum absolute atomic E-state index is 0.179. The molecule has 0 atom stereocenters. The Balaban J connectivity index is 1.32. The number of likely N-dealkylation sites (tertiary alicyclic amines) is 1. The molecule has 2 amide bonds. The number of rotatable bonds is 5. The van der Waals surface area contributed by atoms with Gasteiger partial charge in [0.15, 0.2) is 0 Å². The molecule has 0 radical (unpaired) electrons. The van der Waals surface area contributed by atoms with E-state index < -0.39 is 23.2 Å². The quantitative estimate of drug-likeness (QED) is 0.363. The maximum absolute atomic E-state index is 14.2. The van der Waals surface area contributed by atoms with Crippen molar-refractivity contribution in [3.05, 3.63) is 99.8 Å². The predicted octanol–water partition coefficient (Wildman–Crippen LogP) is 6.40. The molecule has 1 spiro atoms. The zero-order valence-electron chi connectivity index (χ0n) is 21.6. The molecule has 1 saturated heterocycles. The molecule has 1 fully saturated rings. The highest BCUT2D eigenvalue weighted by Crippen LogP contribution is 2.51. The molecule has 3 heterocycles. The summed E-state index contributed by atoms with van der Waals surface area (Å²) in [6.07, 6.45) is 2.00. The molecule has 1 N–H and O–H groups in total. The van der Waals surface area contributed by atoms with Crippen LogP contribution in [0.3, 0.4) is 0 Å². The third-order valence-electron chi connectivity index (χ3n) is 7.64. The van der Waals surface area contributed by atoms with Gasteiger partial charge in [-0.2, -0.15) is 18.4 Å². The number of halogens is 4. The number of urea groups is 1. The number of aromatic nitrogens is 1. The number of fused-ring (bicyclic) bond motifs is 2. The van der Waals surface area contributed by atoms with Crippen molar-refractivity contribution in [2.24, 2.45) is 0 Å². The van der Waals surface area contributed by atoms with Crippen molar-refractivity contribution in [3.8, 4) is 6.07 Å². The number of hydrogen-bond donors (Lipinski definition) is 1. The van der Waals surface area contributed by atoms with Gasteiger partial charge in [0.1, 0.15) is 5.15 Å². The number of carbonyl (C=O) groups excluding carboxylic acids is 1. The molecule has 0 saturated carbocycles. The van der Waals surface area contributed by atoms with Gasteiger partial charge in [-0.25, -0.2) is 9.78 Å². The van der Waals surface area contributed by atoms with Crippen LogP contribution in [-0.4, -0.2) is 42.1 Å². The third-order valence-corrected chi connectivity index (χ3v) is 7.84. The number of alkyl halides is 3. The summed E-state index contributed by atoms with van der Waals surface area (Å²) in [6.45, 7) is 2.23. The Kier molecular flexibility index (Phi) is 7.83. The van der Waals surface area contributed by atoms with Gasteiger partial charge in [-0.05, 0) is 79.0 Å². The van der Waals surface area contributed by atoms with Gasteiger partial charge in [-0.3, -0.25) is 9.80 Å². The first-order chi connectivity index (χ1) is 19.2. The van der Waals surface area contributed by atoms with E-state index in [4.69, 9.17) is 16.9 Å². The number of benzene rings is 2. The molecule has 3 aromatic rings. The van der Waals surface area contributed by atoms with Gasteiger partial charge in [0.2, 0.25) is 0 Å². The minimum atomic E-state index is -4.53. The molecule has 2 aliphatic heterocycles. The Morgan fingerprint density at radius 2 is 1.90 bits per heavy atom. The van der Waals surface area contributed by atoms with Crippen LogP contribution < -0.4 is 10.2 Å². The number of nitrogens with one attached hydrogen (secondary N) is 1. The lowest BCUT2D eigenvalue weighted by Gasteiger charge is -2.40. The zero-order valence-corrected chi connectivity index (χ0v) is 22.3. The normalized spacial score (nSPS) is 16.7. The zero-order chi connectivity index (χ0) is 28.3. The van der Waals surface area contributed by atoms with Crippen LogP contribution in [0.1, 0.15) is 40.7 Å². The molecular formula is C30H27ClF3N5O. The highest BCUT2D eigenvalue weighted by molar-refractivity contribution is 6.29. The average Bonchev–Trinajstić information content (AvgIpc) is 3.27. The monoisotopic (exact) mass is 565 g/mol. The van der Waals surface area contributed by atoms with E-state index in [0.717, 1.165) is 17.2 Å². The van der Waals surface area contributed by atoms with Gasteiger partial charge in [0.25, 0.3) is 0 Å². The average molecular weight is 566 g/mol. The lowest BCUT2D eigenvalue weighted by Crippen LogP contribution is -2.48. The first kappa shape index (κ1) is 27.7. The van der Waals surface area contributed by atoms with E-state index in [-0.39, 0.29) is 18.7 Å². The lowest BCUT2D eigenvalue weighted by molar-refractivity contribution is -0.138. The molecule has 0 unspecified atom stereocenters. The van der Waals surface area contributed by atoms with E-state index in [1.807, 2.05) is 24.3 Å². The van der Waals surface area contributed by atoms with Gasteiger partial charge in [0, 0.05) is 36.9 Å². The van der Waals surface area contributed by atoms with Crippen LogP contribution in [0.25, 0.3) is 6.08 Å². The first-order valence-corrected chi connectivity index (χ1v) is 13.3. The van der Waals surface area contributed by atoms with Crippen molar-refractivity contribution in [3.63, 3.8) is 0 Å². The highest BCUT2D eigenvalue weighted by Gasteiger charge is 2.51. The second kappa shape index (κ2) is 11.3. The summed E-state index contributed by atoms with van der Waals surface area (Å²) in [5.74, 6) is 0. The second-order valence-corrected chi connectivity index (χ2v) is 10.5. The van der Waals surface area contributed by atoms with Gasteiger partial charge in [0.05, 0.1) is 17.2 Å². The largest absolute Gasteiger partial charge is 0.416 e. The number of carbonyl (C=O) groups is 1. The fourth-order valence-corrected chi connectivity index (χ4v) is 5.81. The number of amides is 2. The summed E-state index contributed by atoms with van der Waals surface area (Å²) in [7, 11) is 0. The Hall–Kier alpha value is -3.87. The standard InChI is InChI=1S/C30H27ClF3N5O/c31-26-17-23(10-13-36-26)19-37-28(40)39-20-29(27-24(30(32,33)34)4-1-5-25(27)39)11-15-38(16-12-29)14-2-3-21-6-8-22(18-35)9-7-21/h1-10,13,17H,11-12,14-16,19-20H2,(H,37,40). The number of pyridine rings is 1. The highest BCUT2D eigenvalue weighted by atomic mass is 35.5. The third kappa shape index (κ3) is 5.83. The number of piperidine rings is 1. The first-order valence-electron chi connectivity index (χ1n) is 12.9. The maximum atomic E-state index is 14.2. The molecule has 10 heteroatoms. The second-order valence-electron chi connectivity index (χ2n) is 10.1. The van der Waals surface area contributed by atoms with Crippen LogP contribution in [0.2, 0.25) is 5.15 Å².